The molecular formula is C24H26Cl3N3O8S. The molecular weight excluding hydrogens is 597 g/mol. The van der Waals surface area contributed by atoms with Crippen LogP contribution in [-0.4, -0.2) is 35.1 Å². The molecule has 15 heteroatoms. The fourth-order valence-corrected chi connectivity index (χ4v) is 5.17. The molecule has 2 aliphatic rings. The van der Waals surface area contributed by atoms with Crippen molar-refractivity contribution in [2.45, 2.75) is 56.0 Å². The molecule has 1 aliphatic heterocycles. The zero-order valence-corrected chi connectivity index (χ0v) is 24.5. The summed E-state index contributed by atoms with van der Waals surface area (Å²) in [7, 11) is 0. The van der Waals surface area contributed by atoms with E-state index in [2.05, 4.69) is 0 Å². The first kappa shape index (κ1) is 32.5. The second-order valence-electron chi connectivity index (χ2n) is 9.01. The number of imide groups is 1. The van der Waals surface area contributed by atoms with E-state index in [1.54, 1.807) is 20.8 Å². The van der Waals surface area contributed by atoms with E-state index in [0.29, 0.717) is 36.8 Å². The van der Waals surface area contributed by atoms with Crippen LogP contribution < -0.4 is 4.74 Å². The Morgan fingerprint density at radius 1 is 1.13 bits per heavy atom. The van der Waals surface area contributed by atoms with E-state index in [4.69, 9.17) is 39.5 Å². The van der Waals surface area contributed by atoms with Crippen molar-refractivity contribution in [1.82, 2.24) is 4.31 Å². The molecule has 3 rings (SSSR count). The van der Waals surface area contributed by atoms with Gasteiger partial charge in [-0.1, -0.05) is 66.4 Å². The monoisotopic (exact) mass is 621 g/mol. The summed E-state index contributed by atoms with van der Waals surface area (Å²) >= 11 is 17.4. The lowest BCUT2D eigenvalue weighted by Crippen LogP contribution is -2.26. The first-order valence-corrected chi connectivity index (χ1v) is 13.6. The number of hydrogen-bond donors (Lipinski definition) is 0. The summed E-state index contributed by atoms with van der Waals surface area (Å²) in [4.78, 5) is 56.4. The number of alkyl halides is 3. The molecule has 0 spiro atoms. The van der Waals surface area contributed by atoms with Gasteiger partial charge < -0.3 is 4.74 Å². The van der Waals surface area contributed by atoms with Gasteiger partial charge in [0, 0.05) is 29.7 Å². The van der Waals surface area contributed by atoms with E-state index in [0.717, 1.165) is 10.4 Å². The molecule has 0 aromatic heterocycles. The standard InChI is InChI=1S/C15H18N2O6.C9H8Cl3NO2S/c1-5-10(4)12-7-11(16(19)20)8-13(17(21)22)15(12)23-14(18)6-9(2)3;10-9(11,12)16-13-7(14)5-3-1-2-4-6(5)8(13)15/h6-8,10H,5H2,1-4H3;1-2,5-6H,3-4H2. The van der Waals surface area contributed by atoms with E-state index in [-0.39, 0.29) is 40.9 Å². The lowest BCUT2D eigenvalue weighted by atomic mass is 9.85. The summed E-state index contributed by atoms with van der Waals surface area (Å²) in [5.41, 5.74) is -0.0624. The molecule has 1 heterocycles. The molecule has 1 aliphatic carbocycles. The number of rotatable bonds is 7. The van der Waals surface area contributed by atoms with Gasteiger partial charge in [-0.05, 0) is 39.0 Å². The van der Waals surface area contributed by atoms with Gasteiger partial charge in [0.1, 0.15) is 0 Å². The normalized spacial score (nSPS) is 19.0. The molecule has 0 bridgehead atoms. The lowest BCUT2D eigenvalue weighted by molar-refractivity contribution is -0.394. The number of nitro groups is 2. The van der Waals surface area contributed by atoms with Gasteiger partial charge in [0.05, 0.1) is 27.7 Å². The third kappa shape index (κ3) is 8.66. The lowest BCUT2D eigenvalue weighted by Gasteiger charge is -2.17. The number of benzene rings is 1. The first-order chi connectivity index (χ1) is 18.1. The number of carbonyl (C=O) groups is 3. The van der Waals surface area contributed by atoms with Crippen molar-refractivity contribution < 1.29 is 29.0 Å². The van der Waals surface area contributed by atoms with E-state index in [9.17, 15) is 34.6 Å². The molecule has 0 saturated carbocycles. The Morgan fingerprint density at radius 2 is 1.67 bits per heavy atom. The SMILES string of the molecule is CCC(C)c1cc([N+](=O)[O-])cc([N+](=O)[O-])c1OC(=O)C=C(C)C.O=C1C2CC=CCC2C(=O)N1SC(Cl)(Cl)Cl. The molecule has 3 atom stereocenters. The summed E-state index contributed by atoms with van der Waals surface area (Å²) in [6, 6.07) is 2.02. The Kier molecular flexibility index (Phi) is 11.3. The number of nitrogens with zero attached hydrogens (tertiary/aromatic N) is 3. The number of nitro benzene ring substituents is 2. The van der Waals surface area contributed by atoms with Crippen LogP contribution in [-0.2, 0) is 14.4 Å². The Bertz CT molecular complexity index is 1200. The number of non-ortho nitro benzene ring substituents is 1. The van der Waals surface area contributed by atoms with Crippen molar-refractivity contribution in [1.29, 1.82) is 0 Å². The summed E-state index contributed by atoms with van der Waals surface area (Å²) in [5, 5.41) is 22.2. The van der Waals surface area contributed by atoms with Crippen molar-refractivity contribution >= 4 is 75.9 Å². The van der Waals surface area contributed by atoms with Gasteiger partial charge in [-0.3, -0.25) is 29.8 Å². The molecule has 1 saturated heterocycles. The fourth-order valence-electron chi connectivity index (χ4n) is 3.89. The van der Waals surface area contributed by atoms with E-state index < -0.39 is 30.3 Å². The fraction of sp³-hybridized carbons (Fsp3) is 0.458. The third-order valence-electron chi connectivity index (χ3n) is 5.90. The van der Waals surface area contributed by atoms with Crippen LogP contribution in [0.15, 0.2) is 35.9 Å². The number of allylic oxidation sites excluding steroid dienone is 3. The molecule has 11 nitrogen and oxygen atoms in total. The van der Waals surface area contributed by atoms with Gasteiger partial charge >= 0.3 is 11.7 Å². The molecule has 212 valence electrons. The van der Waals surface area contributed by atoms with Crippen LogP contribution in [0.3, 0.4) is 0 Å². The highest BCUT2D eigenvalue weighted by molar-refractivity contribution is 8.03. The largest absolute Gasteiger partial charge is 0.416 e. The number of ether oxygens (including phenoxy) is 1. The Labute approximate surface area is 243 Å². The van der Waals surface area contributed by atoms with Gasteiger partial charge in [0.2, 0.25) is 17.6 Å². The molecule has 39 heavy (non-hydrogen) atoms. The van der Waals surface area contributed by atoms with Gasteiger partial charge in [-0.15, -0.1) is 0 Å². The molecule has 1 fully saturated rings. The van der Waals surface area contributed by atoms with Gasteiger partial charge in [0.15, 0.2) is 0 Å². The summed E-state index contributed by atoms with van der Waals surface area (Å²) in [6.07, 6.45) is 6.78. The number of fused-ring (bicyclic) bond motifs is 1. The first-order valence-electron chi connectivity index (χ1n) is 11.7. The predicted molar refractivity (Wildman–Crippen MR) is 149 cm³/mol. The zero-order valence-electron chi connectivity index (χ0n) is 21.4. The Balaban J connectivity index is 0.000000290. The molecule has 0 radical (unpaired) electrons. The summed E-state index contributed by atoms with van der Waals surface area (Å²) in [6.45, 7) is 6.94. The van der Waals surface area contributed by atoms with Crippen molar-refractivity contribution in [3.63, 3.8) is 0 Å². The highest BCUT2D eigenvalue weighted by Crippen LogP contribution is 2.47. The molecule has 0 N–H and O–H groups in total. The number of halogens is 3. The highest BCUT2D eigenvalue weighted by Gasteiger charge is 2.49. The summed E-state index contributed by atoms with van der Waals surface area (Å²) in [5.74, 6) is -2.31. The zero-order chi connectivity index (χ0) is 29.7. The maximum atomic E-state index is 11.9. The van der Waals surface area contributed by atoms with Crippen LogP contribution in [0, 0.1) is 32.1 Å². The number of esters is 1. The second kappa shape index (κ2) is 13.6. The number of hydrogen-bond acceptors (Lipinski definition) is 9. The Morgan fingerprint density at radius 3 is 2.08 bits per heavy atom. The highest BCUT2D eigenvalue weighted by atomic mass is 35.6. The van der Waals surface area contributed by atoms with Gasteiger partial charge in [-0.2, -0.15) is 0 Å². The maximum Gasteiger partial charge on any atom is 0.336 e. The topological polar surface area (TPSA) is 150 Å². The minimum atomic E-state index is -1.69. The Hall–Kier alpha value is -2.67. The second-order valence-corrected chi connectivity index (χ2v) is 13.1. The van der Waals surface area contributed by atoms with Gasteiger partial charge in [-0.25, -0.2) is 9.10 Å². The van der Waals surface area contributed by atoms with Crippen LogP contribution in [0.25, 0.3) is 0 Å². The van der Waals surface area contributed by atoms with E-state index in [1.807, 2.05) is 19.1 Å². The maximum absolute atomic E-state index is 11.9. The predicted octanol–water partition coefficient (Wildman–Crippen LogP) is 6.80. The number of amides is 2. The van der Waals surface area contributed by atoms with Crippen molar-refractivity contribution in [2.75, 3.05) is 0 Å². The number of carbonyl (C=O) groups excluding carboxylic acids is 3. The van der Waals surface area contributed by atoms with E-state index in [1.165, 1.54) is 12.1 Å². The van der Waals surface area contributed by atoms with E-state index >= 15 is 0 Å². The smallest absolute Gasteiger partial charge is 0.336 e. The molecule has 1 aromatic carbocycles. The van der Waals surface area contributed by atoms with Crippen LogP contribution in [0.2, 0.25) is 0 Å². The minimum absolute atomic E-state index is 0.238. The van der Waals surface area contributed by atoms with Crippen LogP contribution in [0.5, 0.6) is 5.75 Å². The van der Waals surface area contributed by atoms with Crippen molar-refractivity contribution in [2.24, 2.45) is 11.8 Å². The van der Waals surface area contributed by atoms with Crippen LogP contribution in [0.4, 0.5) is 11.4 Å². The van der Waals surface area contributed by atoms with Crippen molar-refractivity contribution in [3.05, 3.63) is 61.7 Å². The minimum Gasteiger partial charge on any atom is -0.416 e. The third-order valence-corrected chi connectivity index (χ3v) is 7.28. The quantitative estimate of drug-likeness (QED) is 0.0368. The average molecular weight is 623 g/mol. The molecule has 3 unspecified atom stereocenters. The molecule has 2 amide bonds. The molecule has 1 aromatic rings. The van der Waals surface area contributed by atoms with Crippen LogP contribution >= 0.6 is 46.8 Å². The van der Waals surface area contributed by atoms with Crippen molar-refractivity contribution in [3.8, 4) is 5.75 Å². The van der Waals surface area contributed by atoms with Crippen LogP contribution in [0.1, 0.15) is 58.4 Å². The average Bonchev–Trinajstić information content (AvgIpc) is 3.07. The summed E-state index contributed by atoms with van der Waals surface area (Å²) < 4.78 is 4.43. The van der Waals surface area contributed by atoms with Gasteiger partial charge in [0.25, 0.3) is 8.81 Å².